The molecule has 4 aromatic rings. The zero-order chi connectivity index (χ0) is 14.6. The molecular formula is C16H12ClN2OS+. The second-order valence-corrected chi connectivity index (χ2v) is 6.28. The Morgan fingerprint density at radius 1 is 1.10 bits per heavy atom. The van der Waals surface area contributed by atoms with Gasteiger partial charge in [0.1, 0.15) is 10.4 Å². The van der Waals surface area contributed by atoms with Crippen LogP contribution in [0, 0.1) is 0 Å². The largest absolute Gasteiger partial charge is 0.497 e. The normalized spacial score (nSPS) is 11.5. The molecule has 0 saturated carbocycles. The van der Waals surface area contributed by atoms with Crippen LogP contribution in [0.25, 0.3) is 25.9 Å². The molecular weight excluding hydrogens is 304 g/mol. The van der Waals surface area contributed by atoms with Crippen LogP contribution in [-0.2, 0) is 0 Å². The molecule has 0 fully saturated rings. The number of ether oxygens (including phenoxy) is 1. The molecule has 104 valence electrons. The number of nitrogen functional groups attached to an aromatic ring is 1. The van der Waals surface area contributed by atoms with E-state index in [1.165, 1.54) is 4.70 Å². The lowest BCUT2D eigenvalue weighted by molar-refractivity contribution is -0.446. The maximum Gasteiger partial charge on any atom is 0.268 e. The molecule has 5 heteroatoms. The van der Waals surface area contributed by atoms with E-state index in [1.807, 2.05) is 30.3 Å². The van der Waals surface area contributed by atoms with Crippen LogP contribution in [0.15, 0.2) is 42.5 Å². The SMILES string of the molecule is COc1ccc2sc3ccc4c(Cl)c(N)ccc4[n+]3c2c1. The number of pyridine rings is 1. The van der Waals surface area contributed by atoms with Crippen LogP contribution < -0.4 is 14.9 Å². The number of benzene rings is 2. The van der Waals surface area contributed by atoms with Gasteiger partial charge in [0.25, 0.3) is 4.83 Å². The van der Waals surface area contributed by atoms with Crippen LogP contribution in [0.2, 0.25) is 5.02 Å². The minimum atomic E-state index is 0.598. The molecule has 21 heavy (non-hydrogen) atoms. The van der Waals surface area contributed by atoms with E-state index in [-0.39, 0.29) is 0 Å². The van der Waals surface area contributed by atoms with Crippen molar-refractivity contribution in [3.05, 3.63) is 47.5 Å². The Kier molecular flexibility index (Phi) is 2.71. The van der Waals surface area contributed by atoms with Crippen LogP contribution >= 0.6 is 22.9 Å². The van der Waals surface area contributed by atoms with Crippen LogP contribution in [0.5, 0.6) is 5.75 Å². The van der Waals surface area contributed by atoms with E-state index in [2.05, 4.69) is 16.5 Å². The number of hydrogen-bond acceptors (Lipinski definition) is 3. The number of fused-ring (bicyclic) bond motifs is 5. The van der Waals surface area contributed by atoms with Crippen molar-refractivity contribution in [3.8, 4) is 5.75 Å². The quantitative estimate of drug-likeness (QED) is 0.425. The molecule has 0 saturated heterocycles. The lowest BCUT2D eigenvalue weighted by atomic mass is 10.2. The Morgan fingerprint density at radius 3 is 2.76 bits per heavy atom. The highest BCUT2D eigenvalue weighted by atomic mass is 35.5. The van der Waals surface area contributed by atoms with E-state index >= 15 is 0 Å². The van der Waals surface area contributed by atoms with Crippen LogP contribution in [-0.4, -0.2) is 7.11 Å². The van der Waals surface area contributed by atoms with Crippen LogP contribution in [0.3, 0.4) is 0 Å². The topological polar surface area (TPSA) is 39.4 Å². The van der Waals surface area contributed by atoms with Gasteiger partial charge in [0.05, 0.1) is 29.3 Å². The van der Waals surface area contributed by atoms with Crippen molar-refractivity contribution in [1.82, 2.24) is 0 Å². The van der Waals surface area contributed by atoms with Crippen molar-refractivity contribution >= 4 is 54.6 Å². The van der Waals surface area contributed by atoms with Gasteiger partial charge in [-0.3, -0.25) is 0 Å². The molecule has 0 aliphatic carbocycles. The van der Waals surface area contributed by atoms with Crippen molar-refractivity contribution in [2.24, 2.45) is 0 Å². The number of nitrogens with two attached hydrogens (primary N) is 1. The van der Waals surface area contributed by atoms with E-state index in [4.69, 9.17) is 22.1 Å². The maximum atomic E-state index is 6.34. The number of rotatable bonds is 1. The summed E-state index contributed by atoms with van der Waals surface area (Å²) < 4.78 is 8.74. The van der Waals surface area contributed by atoms with E-state index in [1.54, 1.807) is 18.4 Å². The van der Waals surface area contributed by atoms with E-state index in [9.17, 15) is 0 Å². The first kappa shape index (κ1) is 12.7. The lowest BCUT2D eigenvalue weighted by Gasteiger charge is -2.01. The number of thiazole rings is 1. The second-order valence-electron chi connectivity index (χ2n) is 4.84. The van der Waals surface area contributed by atoms with Gasteiger partial charge >= 0.3 is 0 Å². The van der Waals surface area contributed by atoms with Crippen molar-refractivity contribution in [2.45, 2.75) is 0 Å². The summed E-state index contributed by atoms with van der Waals surface area (Å²) in [4.78, 5) is 1.16. The number of hydrogen-bond donors (Lipinski definition) is 1. The fourth-order valence-electron chi connectivity index (χ4n) is 2.63. The highest BCUT2D eigenvalue weighted by Gasteiger charge is 2.19. The van der Waals surface area contributed by atoms with Crippen molar-refractivity contribution in [3.63, 3.8) is 0 Å². The summed E-state index contributed by atoms with van der Waals surface area (Å²) in [7, 11) is 1.68. The molecule has 3 nitrogen and oxygen atoms in total. The summed E-state index contributed by atoms with van der Waals surface area (Å²) in [6.07, 6.45) is 0. The third-order valence-corrected chi connectivity index (χ3v) is 5.18. The molecule has 0 bridgehead atoms. The molecule has 0 aliphatic heterocycles. The zero-order valence-corrected chi connectivity index (χ0v) is 12.8. The Labute approximate surface area is 130 Å². The summed E-state index contributed by atoms with van der Waals surface area (Å²) in [6, 6.07) is 14.1. The Hall–Kier alpha value is -2.04. The summed E-state index contributed by atoms with van der Waals surface area (Å²) >= 11 is 8.08. The molecule has 0 amide bonds. The van der Waals surface area contributed by atoms with Gasteiger partial charge in [-0.25, -0.2) is 0 Å². The highest BCUT2D eigenvalue weighted by Crippen LogP contribution is 2.31. The Balaban J connectivity index is 2.25. The van der Waals surface area contributed by atoms with Gasteiger partial charge in [0.2, 0.25) is 11.0 Å². The fraction of sp³-hybridized carbons (Fsp3) is 0.0625. The summed E-state index contributed by atoms with van der Waals surface area (Å²) in [5.74, 6) is 0.841. The maximum absolute atomic E-state index is 6.34. The number of anilines is 1. The van der Waals surface area contributed by atoms with E-state index in [0.717, 1.165) is 27.0 Å². The molecule has 2 aromatic carbocycles. The highest BCUT2D eigenvalue weighted by molar-refractivity contribution is 7.23. The standard InChI is InChI=1S/C16H12ClN2OS/c1-20-9-2-6-14-13(8-9)19-12-5-4-11(18)16(17)10(12)3-7-15(19)21-14/h2-8H,18H2,1H3/q+1. The van der Waals surface area contributed by atoms with Gasteiger partial charge < -0.3 is 10.5 Å². The molecule has 0 unspecified atom stereocenters. The second kappa shape index (κ2) is 4.48. The van der Waals surface area contributed by atoms with Gasteiger partial charge in [-0.15, -0.1) is 4.40 Å². The molecule has 2 aromatic heterocycles. The van der Waals surface area contributed by atoms with Gasteiger partial charge in [-0.1, -0.05) is 22.9 Å². The molecule has 0 aliphatic rings. The number of methoxy groups -OCH3 is 1. The molecule has 0 spiro atoms. The van der Waals surface area contributed by atoms with Gasteiger partial charge in [-0.05, 0) is 24.3 Å². The average molecular weight is 316 g/mol. The zero-order valence-electron chi connectivity index (χ0n) is 11.3. The number of halogens is 1. The van der Waals surface area contributed by atoms with Crippen molar-refractivity contribution in [1.29, 1.82) is 0 Å². The average Bonchev–Trinajstić information content (AvgIpc) is 2.88. The minimum absolute atomic E-state index is 0.598. The number of aromatic nitrogens is 1. The molecule has 2 N–H and O–H groups in total. The molecule has 4 rings (SSSR count). The van der Waals surface area contributed by atoms with Crippen molar-refractivity contribution in [2.75, 3.05) is 12.8 Å². The first-order valence-corrected chi connectivity index (χ1v) is 7.67. The Morgan fingerprint density at radius 2 is 1.95 bits per heavy atom. The van der Waals surface area contributed by atoms with Gasteiger partial charge in [0.15, 0.2) is 0 Å². The predicted molar refractivity (Wildman–Crippen MR) is 88.5 cm³/mol. The van der Waals surface area contributed by atoms with Gasteiger partial charge in [-0.2, -0.15) is 0 Å². The van der Waals surface area contributed by atoms with Crippen molar-refractivity contribution < 1.29 is 9.14 Å². The van der Waals surface area contributed by atoms with E-state index < -0.39 is 0 Å². The molecule has 0 radical (unpaired) electrons. The third-order valence-electron chi connectivity index (χ3n) is 3.66. The summed E-state index contributed by atoms with van der Waals surface area (Å²) in [5, 5.41) is 1.56. The van der Waals surface area contributed by atoms with Crippen LogP contribution in [0.1, 0.15) is 0 Å². The smallest absolute Gasteiger partial charge is 0.268 e. The predicted octanol–water partition coefficient (Wildman–Crippen LogP) is 4.04. The number of nitrogens with zero attached hydrogens (tertiary/aromatic N) is 1. The molecule has 2 heterocycles. The molecule has 0 atom stereocenters. The first-order chi connectivity index (χ1) is 10.2. The minimum Gasteiger partial charge on any atom is -0.497 e. The first-order valence-electron chi connectivity index (χ1n) is 6.48. The monoisotopic (exact) mass is 315 g/mol. The fourth-order valence-corrected chi connectivity index (χ4v) is 3.89. The van der Waals surface area contributed by atoms with E-state index in [0.29, 0.717) is 10.7 Å². The van der Waals surface area contributed by atoms with Crippen LogP contribution in [0.4, 0.5) is 5.69 Å². The Bertz CT molecular complexity index is 1010. The summed E-state index contributed by atoms with van der Waals surface area (Å²) in [6.45, 7) is 0. The lowest BCUT2D eigenvalue weighted by Crippen LogP contribution is -2.20. The summed E-state index contributed by atoms with van der Waals surface area (Å²) in [5.41, 5.74) is 8.66. The third kappa shape index (κ3) is 1.76. The van der Waals surface area contributed by atoms with Gasteiger partial charge in [0, 0.05) is 12.1 Å².